The molecule has 3 rings (SSSR count). The van der Waals surface area contributed by atoms with Crippen molar-refractivity contribution in [1.29, 1.82) is 0 Å². The summed E-state index contributed by atoms with van der Waals surface area (Å²) < 4.78 is 13.1. The third-order valence-corrected chi connectivity index (χ3v) is 5.05. The van der Waals surface area contributed by atoms with E-state index >= 15 is 0 Å². The Morgan fingerprint density at radius 3 is 2.32 bits per heavy atom. The summed E-state index contributed by atoms with van der Waals surface area (Å²) in [6, 6.07) is 11.3. The molecule has 0 radical (unpaired) electrons. The number of hydrogen-bond donors (Lipinski definition) is 3. The van der Waals surface area contributed by atoms with E-state index in [4.69, 9.17) is 0 Å². The van der Waals surface area contributed by atoms with Crippen LogP contribution in [-0.2, 0) is 19.2 Å². The maximum atomic E-state index is 13.1. The Bertz CT molecular complexity index is 980. The van der Waals surface area contributed by atoms with Gasteiger partial charge in [-0.2, -0.15) is 0 Å². The normalized spacial score (nSPS) is 17.7. The van der Waals surface area contributed by atoms with Crippen molar-refractivity contribution >= 4 is 29.4 Å². The summed E-state index contributed by atoms with van der Waals surface area (Å²) in [5, 5.41) is 14.4. The summed E-state index contributed by atoms with van der Waals surface area (Å²) in [6.07, 6.45) is -0.0423. The molecule has 3 amide bonds. The van der Waals surface area contributed by atoms with E-state index in [2.05, 4.69) is 10.6 Å². The van der Waals surface area contributed by atoms with Crippen molar-refractivity contribution in [1.82, 2.24) is 10.6 Å². The quantitative estimate of drug-likeness (QED) is 0.621. The van der Waals surface area contributed by atoms with Gasteiger partial charge in [-0.3, -0.25) is 14.4 Å². The van der Waals surface area contributed by atoms with Crippen LogP contribution in [0.15, 0.2) is 54.6 Å². The van der Waals surface area contributed by atoms with Crippen molar-refractivity contribution in [3.63, 3.8) is 0 Å². The second kappa shape index (κ2) is 9.38. The van der Waals surface area contributed by atoms with Crippen molar-refractivity contribution in [2.75, 3.05) is 11.4 Å². The van der Waals surface area contributed by atoms with Gasteiger partial charge in [-0.05, 0) is 36.8 Å². The molecule has 0 aromatic heterocycles. The third kappa shape index (κ3) is 5.25. The minimum absolute atomic E-state index is 0.0423. The van der Waals surface area contributed by atoms with E-state index in [1.54, 1.807) is 30.3 Å². The molecule has 0 spiro atoms. The maximum absolute atomic E-state index is 13.1. The fraction of sp³-hybridized carbons (Fsp3) is 0.273. The fourth-order valence-electron chi connectivity index (χ4n) is 3.35. The number of nitrogens with one attached hydrogen (secondary N) is 2. The van der Waals surface area contributed by atoms with Gasteiger partial charge in [0.25, 0.3) is 0 Å². The Morgan fingerprint density at radius 1 is 1.06 bits per heavy atom. The second-order valence-corrected chi connectivity index (χ2v) is 7.30. The van der Waals surface area contributed by atoms with Gasteiger partial charge in [-0.1, -0.05) is 30.3 Å². The molecule has 3 atom stereocenters. The number of carboxylic acids is 1. The van der Waals surface area contributed by atoms with E-state index in [9.17, 15) is 28.7 Å². The van der Waals surface area contributed by atoms with Crippen molar-refractivity contribution in [2.24, 2.45) is 5.92 Å². The maximum Gasteiger partial charge on any atom is 0.330 e. The van der Waals surface area contributed by atoms with Gasteiger partial charge in [0, 0.05) is 18.7 Å². The van der Waals surface area contributed by atoms with Crippen LogP contribution < -0.4 is 15.5 Å². The van der Waals surface area contributed by atoms with Crippen LogP contribution >= 0.6 is 0 Å². The van der Waals surface area contributed by atoms with Crippen LogP contribution in [0.3, 0.4) is 0 Å². The molecule has 2 aromatic carbocycles. The molecule has 8 nitrogen and oxygen atoms in total. The van der Waals surface area contributed by atoms with E-state index < -0.39 is 41.6 Å². The highest BCUT2D eigenvalue weighted by molar-refractivity contribution is 6.01. The van der Waals surface area contributed by atoms with Gasteiger partial charge < -0.3 is 20.6 Å². The van der Waals surface area contributed by atoms with Gasteiger partial charge >= 0.3 is 5.97 Å². The molecule has 3 unspecified atom stereocenters. The molecule has 0 bridgehead atoms. The van der Waals surface area contributed by atoms with Crippen LogP contribution in [0.4, 0.5) is 10.1 Å². The van der Waals surface area contributed by atoms with E-state index in [1.807, 2.05) is 0 Å². The molecule has 3 N–H and O–H groups in total. The molecular formula is C22H22FN3O5. The number of anilines is 1. The molecule has 1 aliphatic rings. The summed E-state index contributed by atoms with van der Waals surface area (Å²) >= 11 is 0. The minimum Gasteiger partial charge on any atom is -0.479 e. The number of nitrogens with zero attached hydrogens (tertiary/aromatic N) is 1. The van der Waals surface area contributed by atoms with Crippen LogP contribution in [0, 0.1) is 11.7 Å². The number of hydrogen-bond acceptors (Lipinski definition) is 4. The summed E-state index contributed by atoms with van der Waals surface area (Å²) in [5.74, 6) is -3.78. The number of carbonyl (C=O) groups is 4. The van der Waals surface area contributed by atoms with Gasteiger partial charge in [-0.25, -0.2) is 9.18 Å². The molecule has 1 aliphatic heterocycles. The molecular weight excluding hydrogens is 405 g/mol. The van der Waals surface area contributed by atoms with Gasteiger partial charge in [0.05, 0.1) is 5.92 Å². The van der Waals surface area contributed by atoms with Crippen molar-refractivity contribution in [3.8, 4) is 0 Å². The number of benzene rings is 2. The van der Waals surface area contributed by atoms with E-state index in [0.717, 1.165) is 0 Å². The van der Waals surface area contributed by atoms with E-state index in [0.29, 0.717) is 11.3 Å². The lowest BCUT2D eigenvalue weighted by molar-refractivity contribution is -0.142. The van der Waals surface area contributed by atoms with Crippen molar-refractivity contribution in [2.45, 2.75) is 25.4 Å². The summed E-state index contributed by atoms with van der Waals surface area (Å²) in [6.45, 7) is 1.54. The van der Waals surface area contributed by atoms with E-state index in [-0.39, 0.29) is 18.9 Å². The third-order valence-electron chi connectivity index (χ3n) is 5.05. The van der Waals surface area contributed by atoms with Crippen molar-refractivity contribution < 1.29 is 28.7 Å². The first kappa shape index (κ1) is 21.9. The summed E-state index contributed by atoms with van der Waals surface area (Å²) in [5.41, 5.74) is 0.887. The highest BCUT2D eigenvalue weighted by Gasteiger charge is 2.36. The Hall–Kier alpha value is -3.75. The van der Waals surface area contributed by atoms with Gasteiger partial charge in [0.15, 0.2) is 6.04 Å². The van der Waals surface area contributed by atoms with Crippen LogP contribution in [0.25, 0.3) is 0 Å². The highest BCUT2D eigenvalue weighted by atomic mass is 19.1. The number of amides is 3. The Morgan fingerprint density at radius 2 is 1.71 bits per heavy atom. The number of aliphatic carboxylic acids is 1. The molecule has 1 fully saturated rings. The molecule has 1 heterocycles. The lowest BCUT2D eigenvalue weighted by Crippen LogP contribution is -2.49. The van der Waals surface area contributed by atoms with Crippen LogP contribution in [0.2, 0.25) is 0 Å². The highest BCUT2D eigenvalue weighted by Crippen LogP contribution is 2.25. The molecule has 162 valence electrons. The fourth-order valence-corrected chi connectivity index (χ4v) is 3.35. The average Bonchev–Trinajstić information content (AvgIpc) is 3.14. The zero-order chi connectivity index (χ0) is 22.5. The smallest absolute Gasteiger partial charge is 0.330 e. The topological polar surface area (TPSA) is 116 Å². The largest absolute Gasteiger partial charge is 0.479 e. The Balaban J connectivity index is 1.59. The van der Waals surface area contributed by atoms with Gasteiger partial charge in [0.1, 0.15) is 11.9 Å². The summed E-state index contributed by atoms with van der Waals surface area (Å²) in [7, 11) is 0. The van der Waals surface area contributed by atoms with Crippen LogP contribution in [0.1, 0.15) is 24.9 Å². The predicted octanol–water partition coefficient (Wildman–Crippen LogP) is 1.63. The number of rotatable bonds is 7. The second-order valence-electron chi connectivity index (χ2n) is 7.30. The number of halogens is 1. The molecule has 31 heavy (non-hydrogen) atoms. The minimum atomic E-state index is -1.25. The van der Waals surface area contributed by atoms with Gasteiger partial charge in [-0.15, -0.1) is 0 Å². The zero-order valence-corrected chi connectivity index (χ0v) is 16.7. The first-order chi connectivity index (χ1) is 14.8. The molecule has 1 saturated heterocycles. The lowest BCUT2D eigenvalue weighted by Gasteiger charge is -2.20. The van der Waals surface area contributed by atoms with Crippen molar-refractivity contribution in [3.05, 3.63) is 66.0 Å². The molecule has 9 heteroatoms. The molecule has 2 aromatic rings. The predicted molar refractivity (Wildman–Crippen MR) is 109 cm³/mol. The average molecular weight is 427 g/mol. The first-order valence-electron chi connectivity index (χ1n) is 9.70. The van der Waals surface area contributed by atoms with Crippen LogP contribution in [-0.4, -0.2) is 41.4 Å². The van der Waals surface area contributed by atoms with Crippen LogP contribution in [0.5, 0.6) is 0 Å². The molecule has 0 aliphatic carbocycles. The number of carbonyl (C=O) groups excluding carboxylic acids is 3. The zero-order valence-electron chi connectivity index (χ0n) is 16.7. The number of carboxylic acid groups (broad SMARTS) is 1. The monoisotopic (exact) mass is 427 g/mol. The standard InChI is InChI=1S/C22H22FN3O5/c1-13(20(28)25-19(22(30)31)14-5-3-2-4-6-14)24-21(29)15-11-18(27)26(12-15)17-9-7-16(23)8-10-17/h2-10,13,15,19H,11-12H2,1H3,(H,24,29)(H,25,28)(H,30,31). The Labute approximate surface area is 178 Å². The Kier molecular flexibility index (Phi) is 6.64. The summed E-state index contributed by atoms with van der Waals surface area (Å²) in [4.78, 5) is 50.3. The van der Waals surface area contributed by atoms with Gasteiger partial charge in [0.2, 0.25) is 17.7 Å². The lowest BCUT2D eigenvalue weighted by atomic mass is 10.1. The first-order valence-corrected chi connectivity index (χ1v) is 9.70. The SMILES string of the molecule is CC(NC(=O)C1CC(=O)N(c2ccc(F)cc2)C1)C(=O)NC(C(=O)O)c1ccccc1. The molecule has 0 saturated carbocycles. The van der Waals surface area contributed by atoms with E-state index in [1.165, 1.54) is 36.1 Å².